The van der Waals surface area contributed by atoms with Gasteiger partial charge in [-0.25, -0.2) is 154 Å². The van der Waals surface area contributed by atoms with E-state index in [-0.39, 0.29) is 17.1 Å². The predicted octanol–water partition coefficient (Wildman–Crippen LogP) is 17.6. The van der Waals surface area contributed by atoms with Crippen LogP contribution in [0, 0.1) is 151 Å². The SMILES string of the molecule is Fc1c(F)c(F)c2c(c1F)C1=NC2=Nc2c3c(F)cccc3c(n2F)N(F)c2[nH]c(c3c(F)c(F)c(F)c(F)c23)N=c2c3c(F)c(F)c(F)c(F)c3c(n2F)=N1.Fc1c(F)c(F)c2c(c1F)C1=NC2=Nc2c3c(F)cccc3c(n2F)N(F)c2[nH]c(c3c(F)c(F)c(F)c(F)c23)N=c2c3c(F)c(F)c(F)c(F)c3c(n2F)=N1.[Cu+2]. The summed E-state index contributed by atoms with van der Waals surface area (Å²) in [5.41, 5.74) is -13.8. The number of fused-ring (bicyclic) bond motifs is 38. The minimum Gasteiger partial charge on any atom is -0.323 e. The van der Waals surface area contributed by atoms with E-state index in [1.165, 1.54) is 0 Å². The molecule has 577 valence electrons. The third-order valence-electron chi connectivity index (χ3n) is 17.7. The van der Waals surface area contributed by atoms with Gasteiger partial charge >= 0.3 is 17.1 Å². The molecule has 0 saturated heterocycles. The molecule has 16 nitrogen and oxygen atoms in total. The zero-order valence-corrected chi connectivity index (χ0v) is 53.1. The number of rotatable bonds is 0. The molecule has 0 aliphatic carbocycles. The van der Waals surface area contributed by atoms with Crippen LogP contribution in [-0.2, 0) is 17.1 Å². The van der Waals surface area contributed by atoms with Crippen LogP contribution in [0.25, 0.3) is 64.6 Å². The Hall–Kier alpha value is -13.2. The third-order valence-corrected chi connectivity index (χ3v) is 17.7. The van der Waals surface area contributed by atoms with E-state index in [1.807, 2.05) is 0 Å². The fourth-order valence-corrected chi connectivity index (χ4v) is 12.9. The largest absolute Gasteiger partial charge is 2.00 e. The molecule has 0 atom stereocenters. The van der Waals surface area contributed by atoms with E-state index < -0.39 is 359 Å². The van der Waals surface area contributed by atoms with Crippen molar-refractivity contribution in [3.8, 4) is 0 Å². The van der Waals surface area contributed by atoms with Gasteiger partial charge in [-0.3, -0.25) is 0 Å². The molecule has 16 bridgehead atoms. The first-order chi connectivity index (χ1) is 52.9. The summed E-state index contributed by atoms with van der Waals surface area (Å²) in [5, 5.41) is -19.9. The summed E-state index contributed by atoms with van der Waals surface area (Å²) >= 11 is 0. The number of amidine groups is 4. The summed E-state index contributed by atoms with van der Waals surface area (Å²) in [7, 11) is 0. The normalized spacial score (nSPS) is 13.7. The second kappa shape index (κ2) is 24.9. The van der Waals surface area contributed by atoms with Gasteiger partial charge < -0.3 is 9.97 Å². The van der Waals surface area contributed by atoms with Crippen molar-refractivity contribution in [1.82, 2.24) is 29.1 Å². The van der Waals surface area contributed by atoms with E-state index >= 15 is 88.4 Å². The number of halogens is 32. The summed E-state index contributed by atoms with van der Waals surface area (Å²) in [6.07, 6.45) is 0. The number of H-pyrrole nitrogens is 2. The van der Waals surface area contributed by atoms with Crippen LogP contribution in [0.1, 0.15) is 22.3 Å². The number of aromatic amines is 2. The number of hydrogen-bond donors (Lipinski definition) is 2. The molecule has 8 aromatic carbocycles. The Morgan fingerprint density at radius 2 is 0.469 bits per heavy atom. The molecule has 0 unspecified atom stereocenters. The summed E-state index contributed by atoms with van der Waals surface area (Å²) in [4.78, 5) is 27.0. The van der Waals surface area contributed by atoms with Gasteiger partial charge in [0.25, 0.3) is 0 Å². The van der Waals surface area contributed by atoms with Crippen molar-refractivity contribution in [2.75, 3.05) is 10.2 Å². The fraction of sp³-hybridized carbons (Fsp3) is 0. The minimum absolute atomic E-state index is 0. The molecule has 0 spiro atoms. The second-order valence-corrected chi connectivity index (χ2v) is 23.5. The Bertz CT molecular complexity index is 6900. The Kier molecular flexibility index (Phi) is 16.3. The topological polar surface area (TPSA) is 157 Å². The van der Waals surface area contributed by atoms with Crippen LogP contribution in [0.4, 0.5) is 188 Å². The second-order valence-electron chi connectivity index (χ2n) is 23.5. The van der Waals surface area contributed by atoms with Crippen molar-refractivity contribution < 1.29 is 158 Å². The number of nitrogens with zero attached hydrogens (tertiary/aromatic N) is 14. The zero-order valence-electron chi connectivity index (χ0n) is 52.1. The molecular formula is C64H8CuF32N16+2. The van der Waals surface area contributed by atoms with Gasteiger partial charge in [0.2, 0.25) is 0 Å². The predicted molar refractivity (Wildman–Crippen MR) is 318 cm³/mol. The smallest absolute Gasteiger partial charge is 0.323 e. The first kappa shape index (κ1) is 73.9. The average molecular weight is 1670 g/mol. The van der Waals surface area contributed by atoms with Gasteiger partial charge in [0.1, 0.15) is 23.3 Å². The van der Waals surface area contributed by atoms with Crippen LogP contribution < -0.4 is 32.2 Å². The van der Waals surface area contributed by atoms with Crippen molar-refractivity contribution in [2.24, 2.45) is 39.9 Å². The molecule has 4 aliphatic heterocycles. The van der Waals surface area contributed by atoms with Gasteiger partial charge in [-0.2, -0.15) is 0 Å². The van der Waals surface area contributed by atoms with E-state index in [9.17, 15) is 52.7 Å². The van der Waals surface area contributed by atoms with Gasteiger partial charge in [-0.1, -0.05) is 51.2 Å². The summed E-state index contributed by atoms with van der Waals surface area (Å²) < 4.78 is 490. The van der Waals surface area contributed by atoms with Crippen molar-refractivity contribution in [1.29, 1.82) is 0 Å². The number of aromatic nitrogens is 6. The maximum absolute atomic E-state index is 16.7. The van der Waals surface area contributed by atoms with Gasteiger partial charge in [-0.15, -0.1) is 29.4 Å². The maximum Gasteiger partial charge on any atom is 2.00 e. The third kappa shape index (κ3) is 9.57. The summed E-state index contributed by atoms with van der Waals surface area (Å²) in [5.74, 6) is -82.5. The van der Waals surface area contributed by atoms with Crippen molar-refractivity contribution >= 4 is 135 Å². The fourth-order valence-electron chi connectivity index (χ4n) is 12.9. The van der Waals surface area contributed by atoms with Gasteiger partial charge in [0, 0.05) is 10.8 Å². The van der Waals surface area contributed by atoms with E-state index in [0.717, 1.165) is 24.3 Å². The van der Waals surface area contributed by atoms with Crippen LogP contribution in [0.3, 0.4) is 0 Å². The average Bonchev–Trinajstić information content (AvgIpc) is 1.56. The molecule has 0 fully saturated rings. The molecule has 113 heavy (non-hydrogen) atoms. The number of benzene rings is 8. The molecule has 18 rings (SSSR count). The van der Waals surface area contributed by atoms with Crippen LogP contribution in [0.2, 0.25) is 0 Å². The number of hydrogen-bond acceptors (Lipinski definition) is 10. The summed E-state index contributed by atoms with van der Waals surface area (Å²) in [6.45, 7) is 0. The molecule has 0 amide bonds. The van der Waals surface area contributed by atoms with Crippen molar-refractivity contribution in [2.45, 2.75) is 0 Å². The van der Waals surface area contributed by atoms with Gasteiger partial charge in [0.15, 0.2) is 220 Å². The van der Waals surface area contributed by atoms with Crippen LogP contribution >= 0.6 is 0 Å². The molecular weight excluding hydrogens is 1660 g/mol. The molecule has 10 heterocycles. The van der Waals surface area contributed by atoms with E-state index in [1.54, 1.807) is 9.97 Å². The monoisotopic (exact) mass is 1670 g/mol. The molecule has 49 heteroatoms. The molecule has 0 saturated carbocycles. The van der Waals surface area contributed by atoms with E-state index in [0.29, 0.717) is 12.1 Å². The first-order valence-electron chi connectivity index (χ1n) is 29.7. The molecule has 6 aromatic heterocycles. The number of aliphatic imine (C=N–C) groups is 4. The maximum atomic E-state index is 16.7. The Morgan fingerprint density at radius 3 is 0.752 bits per heavy atom. The molecule has 14 aromatic rings. The number of anilines is 4. The quantitative estimate of drug-likeness (QED) is 0.0510. The Labute approximate surface area is 602 Å². The van der Waals surface area contributed by atoms with E-state index in [2.05, 4.69) is 39.9 Å². The zero-order chi connectivity index (χ0) is 80.3. The Morgan fingerprint density at radius 1 is 0.230 bits per heavy atom. The molecule has 4 aliphatic rings. The van der Waals surface area contributed by atoms with Gasteiger partial charge in [0.05, 0.1) is 76.1 Å². The van der Waals surface area contributed by atoms with Crippen LogP contribution in [0.15, 0.2) is 76.3 Å². The summed E-state index contributed by atoms with van der Waals surface area (Å²) in [6, 6.07) is 4.42. The van der Waals surface area contributed by atoms with Crippen molar-refractivity contribution in [3.63, 3.8) is 0 Å². The van der Waals surface area contributed by atoms with Crippen LogP contribution in [0.5, 0.6) is 0 Å². The van der Waals surface area contributed by atoms with E-state index in [4.69, 9.17) is 0 Å². The number of nitrogens with one attached hydrogen (secondary N) is 2. The van der Waals surface area contributed by atoms with Crippen LogP contribution in [-0.4, -0.2) is 52.5 Å². The first-order valence-corrected chi connectivity index (χ1v) is 29.7. The Balaban J connectivity index is 0.000000169. The molecule has 2 N–H and O–H groups in total. The minimum atomic E-state index is -2.67. The van der Waals surface area contributed by atoms with Gasteiger partial charge in [-0.05, 0) is 12.1 Å². The molecule has 1 radical (unpaired) electrons. The van der Waals surface area contributed by atoms with Crippen molar-refractivity contribution in [3.05, 3.63) is 232 Å². The standard InChI is InChI=1S/2C32H4F16N8.Cu/c2*33-5-3-1-2-4-6(5)28-50-25-7-8(14(35)20(41)19(40)13(7)34)26(49-25)51-29-11-12(18(39)24(45)23(44)17(11)38)30(54(29)46)52-27-9-10(16(37)22(43)21(42)15(9)36)31(53-27)56(48)32(4)55(28)47;/h2*1-3,53H;/q;;+2.